The zero-order valence-electron chi connectivity index (χ0n) is 10.9. The number of rotatable bonds is 6. The van der Waals surface area contributed by atoms with Crippen LogP contribution in [0.5, 0.6) is 0 Å². The van der Waals surface area contributed by atoms with Gasteiger partial charge in [-0.05, 0) is 50.5 Å². The largest absolute Gasteiger partial charge is 0.330 e. The van der Waals surface area contributed by atoms with Crippen LogP contribution in [0.1, 0.15) is 58.8 Å². The molecule has 0 bridgehead atoms. The molecule has 94 valence electrons. The molecule has 0 aromatic carbocycles. The molecule has 0 aromatic rings. The number of carbonyl (C=O) groups is 1. The molecular weight excluding hydrogens is 198 g/mol. The number of ketones is 1. The van der Waals surface area contributed by atoms with E-state index < -0.39 is 0 Å². The summed E-state index contributed by atoms with van der Waals surface area (Å²) in [5.74, 6) is 2.24. The van der Waals surface area contributed by atoms with Crippen LogP contribution in [0.3, 0.4) is 0 Å². The Balaban J connectivity index is 2.22. The fraction of sp³-hybridized carbons (Fsp3) is 0.929. The van der Waals surface area contributed by atoms with Crippen molar-refractivity contribution in [1.82, 2.24) is 0 Å². The summed E-state index contributed by atoms with van der Waals surface area (Å²) in [6.07, 6.45) is 7.80. The third-order valence-electron chi connectivity index (χ3n) is 4.17. The van der Waals surface area contributed by atoms with Gasteiger partial charge in [-0.25, -0.2) is 0 Å². The van der Waals surface area contributed by atoms with Gasteiger partial charge >= 0.3 is 0 Å². The van der Waals surface area contributed by atoms with Crippen LogP contribution in [0.25, 0.3) is 0 Å². The van der Waals surface area contributed by atoms with Gasteiger partial charge in [0.15, 0.2) is 0 Å². The molecule has 0 aromatic heterocycles. The smallest absolute Gasteiger partial charge is 0.135 e. The van der Waals surface area contributed by atoms with E-state index in [9.17, 15) is 4.79 Å². The molecule has 0 saturated heterocycles. The van der Waals surface area contributed by atoms with Gasteiger partial charge in [0, 0.05) is 12.3 Å². The summed E-state index contributed by atoms with van der Waals surface area (Å²) < 4.78 is 0. The topological polar surface area (TPSA) is 43.1 Å². The maximum atomic E-state index is 12.0. The molecule has 1 aliphatic carbocycles. The van der Waals surface area contributed by atoms with Crippen LogP contribution in [-0.2, 0) is 4.79 Å². The van der Waals surface area contributed by atoms with Crippen molar-refractivity contribution in [3.8, 4) is 0 Å². The average molecular weight is 225 g/mol. The number of nitrogens with two attached hydrogens (primary N) is 1. The van der Waals surface area contributed by atoms with E-state index in [1.54, 1.807) is 0 Å². The average Bonchev–Trinajstić information content (AvgIpc) is 2.35. The second-order valence-corrected chi connectivity index (χ2v) is 5.47. The highest BCUT2D eigenvalue weighted by Crippen LogP contribution is 2.32. The Hall–Kier alpha value is -0.370. The molecule has 0 amide bonds. The molecule has 16 heavy (non-hydrogen) atoms. The highest BCUT2D eigenvalue weighted by molar-refractivity contribution is 5.81. The SMILES string of the molecule is CCC1CCC(C(=O)CCC(C)CN)CC1. The number of carbonyl (C=O) groups excluding carboxylic acids is 1. The minimum Gasteiger partial charge on any atom is -0.330 e. The molecule has 2 heteroatoms. The van der Waals surface area contributed by atoms with E-state index in [0.717, 1.165) is 31.6 Å². The quantitative estimate of drug-likeness (QED) is 0.754. The van der Waals surface area contributed by atoms with Crippen molar-refractivity contribution in [2.75, 3.05) is 6.54 Å². The summed E-state index contributed by atoms with van der Waals surface area (Å²) in [7, 11) is 0. The van der Waals surface area contributed by atoms with Gasteiger partial charge in [-0.2, -0.15) is 0 Å². The molecule has 1 unspecified atom stereocenters. The predicted octanol–water partition coefficient (Wildman–Crippen LogP) is 3.15. The minimum atomic E-state index is 0.368. The third kappa shape index (κ3) is 4.25. The van der Waals surface area contributed by atoms with E-state index in [1.807, 2.05) is 0 Å². The van der Waals surface area contributed by atoms with Crippen molar-refractivity contribution >= 4 is 5.78 Å². The van der Waals surface area contributed by atoms with Crippen molar-refractivity contribution in [2.45, 2.75) is 58.8 Å². The Morgan fingerprint density at radius 1 is 1.31 bits per heavy atom. The van der Waals surface area contributed by atoms with Crippen molar-refractivity contribution < 1.29 is 4.79 Å². The van der Waals surface area contributed by atoms with Gasteiger partial charge in [0.2, 0.25) is 0 Å². The van der Waals surface area contributed by atoms with Crippen molar-refractivity contribution in [3.63, 3.8) is 0 Å². The van der Waals surface area contributed by atoms with Crippen LogP contribution < -0.4 is 5.73 Å². The lowest BCUT2D eigenvalue weighted by Gasteiger charge is -2.27. The van der Waals surface area contributed by atoms with E-state index in [1.165, 1.54) is 19.3 Å². The molecule has 1 fully saturated rings. The van der Waals surface area contributed by atoms with Gasteiger partial charge < -0.3 is 5.73 Å². The van der Waals surface area contributed by atoms with E-state index in [-0.39, 0.29) is 0 Å². The highest BCUT2D eigenvalue weighted by Gasteiger charge is 2.25. The second-order valence-electron chi connectivity index (χ2n) is 5.47. The van der Waals surface area contributed by atoms with Crippen LogP contribution in [0, 0.1) is 17.8 Å². The predicted molar refractivity (Wildman–Crippen MR) is 68.2 cm³/mol. The summed E-state index contributed by atoms with van der Waals surface area (Å²) in [5.41, 5.74) is 5.56. The van der Waals surface area contributed by atoms with Crippen LogP contribution in [0.15, 0.2) is 0 Å². The Morgan fingerprint density at radius 3 is 2.44 bits per heavy atom. The van der Waals surface area contributed by atoms with Crippen LogP contribution in [0.4, 0.5) is 0 Å². The second kappa shape index (κ2) is 7.05. The van der Waals surface area contributed by atoms with Crippen molar-refractivity contribution in [1.29, 1.82) is 0 Å². The van der Waals surface area contributed by atoms with Gasteiger partial charge in [0.25, 0.3) is 0 Å². The lowest BCUT2D eigenvalue weighted by Crippen LogP contribution is -2.22. The first-order valence-corrected chi connectivity index (χ1v) is 6.90. The molecule has 2 N–H and O–H groups in total. The number of hydrogen-bond donors (Lipinski definition) is 1. The van der Waals surface area contributed by atoms with E-state index >= 15 is 0 Å². The van der Waals surface area contributed by atoms with Crippen LogP contribution in [-0.4, -0.2) is 12.3 Å². The third-order valence-corrected chi connectivity index (χ3v) is 4.17. The summed E-state index contributed by atoms with van der Waals surface area (Å²) in [6, 6.07) is 0. The summed E-state index contributed by atoms with van der Waals surface area (Å²) in [6.45, 7) is 5.09. The monoisotopic (exact) mass is 225 g/mol. The van der Waals surface area contributed by atoms with Gasteiger partial charge in [-0.1, -0.05) is 20.3 Å². The first-order chi connectivity index (χ1) is 7.67. The molecular formula is C14H27NO. The van der Waals surface area contributed by atoms with E-state index in [2.05, 4.69) is 13.8 Å². The van der Waals surface area contributed by atoms with E-state index in [0.29, 0.717) is 24.2 Å². The molecule has 0 spiro atoms. The summed E-state index contributed by atoms with van der Waals surface area (Å²) >= 11 is 0. The molecule has 1 aliphatic rings. The zero-order chi connectivity index (χ0) is 12.0. The number of Topliss-reactive ketones (excluding diaryl/α,β-unsaturated/α-hetero) is 1. The maximum absolute atomic E-state index is 12.0. The highest BCUT2D eigenvalue weighted by atomic mass is 16.1. The number of hydrogen-bond acceptors (Lipinski definition) is 2. The van der Waals surface area contributed by atoms with Gasteiger partial charge in [-0.15, -0.1) is 0 Å². The molecule has 1 atom stereocenters. The lowest BCUT2D eigenvalue weighted by atomic mass is 9.78. The molecule has 0 heterocycles. The molecule has 2 nitrogen and oxygen atoms in total. The zero-order valence-corrected chi connectivity index (χ0v) is 10.9. The Kier molecular flexibility index (Phi) is 6.04. The fourth-order valence-corrected chi connectivity index (χ4v) is 2.60. The summed E-state index contributed by atoms with van der Waals surface area (Å²) in [4.78, 5) is 12.0. The summed E-state index contributed by atoms with van der Waals surface area (Å²) in [5, 5.41) is 0. The van der Waals surface area contributed by atoms with Crippen LogP contribution in [0.2, 0.25) is 0 Å². The van der Waals surface area contributed by atoms with E-state index in [4.69, 9.17) is 5.73 Å². The standard InChI is InChI=1S/C14H27NO/c1-3-12-5-7-13(8-6-12)14(16)9-4-11(2)10-15/h11-13H,3-10,15H2,1-2H3. The molecule has 0 aliphatic heterocycles. The Labute approximate surface area is 100.0 Å². The molecule has 0 radical (unpaired) electrons. The van der Waals surface area contributed by atoms with Crippen molar-refractivity contribution in [2.24, 2.45) is 23.5 Å². The van der Waals surface area contributed by atoms with Gasteiger partial charge in [-0.3, -0.25) is 4.79 Å². The van der Waals surface area contributed by atoms with Gasteiger partial charge in [0.1, 0.15) is 5.78 Å². The first-order valence-electron chi connectivity index (χ1n) is 6.90. The van der Waals surface area contributed by atoms with Gasteiger partial charge in [0.05, 0.1) is 0 Å². The minimum absolute atomic E-state index is 0.368. The Morgan fingerprint density at radius 2 is 1.94 bits per heavy atom. The lowest BCUT2D eigenvalue weighted by molar-refractivity contribution is -0.124. The fourth-order valence-electron chi connectivity index (χ4n) is 2.60. The maximum Gasteiger partial charge on any atom is 0.135 e. The van der Waals surface area contributed by atoms with Crippen LogP contribution >= 0.6 is 0 Å². The Bertz CT molecular complexity index is 207. The normalized spacial score (nSPS) is 27.7. The first kappa shape index (κ1) is 13.7. The molecule has 1 rings (SSSR count). The van der Waals surface area contributed by atoms with Crippen molar-refractivity contribution in [3.05, 3.63) is 0 Å². The molecule has 1 saturated carbocycles.